The van der Waals surface area contributed by atoms with Gasteiger partial charge in [-0.05, 0) is 59.3 Å². The molecule has 1 aromatic rings. The van der Waals surface area contributed by atoms with E-state index in [1.54, 1.807) is 6.07 Å². The van der Waals surface area contributed by atoms with Crippen LogP contribution >= 0.6 is 12.2 Å². The number of carbonyl (C=O) groups is 1. The van der Waals surface area contributed by atoms with Crippen LogP contribution in [0.4, 0.5) is 0 Å². The van der Waals surface area contributed by atoms with Gasteiger partial charge in [0.1, 0.15) is 11.5 Å². The molecule has 22 heavy (non-hydrogen) atoms. The zero-order valence-corrected chi connectivity index (χ0v) is 14.4. The Kier molecular flexibility index (Phi) is 6.11. The van der Waals surface area contributed by atoms with Crippen molar-refractivity contribution >= 4 is 29.0 Å². The van der Waals surface area contributed by atoms with Crippen molar-refractivity contribution in [3.63, 3.8) is 0 Å². The first kappa shape index (κ1) is 18.2. The Morgan fingerprint density at radius 2 is 2.09 bits per heavy atom. The SMILES string of the molecule is C/C(=N/NC(=S)NC(C)(C)C)c1cc(CCC(=O)[O-])oc1C. The topological polar surface area (TPSA) is 89.7 Å². The van der Waals surface area contributed by atoms with E-state index < -0.39 is 5.97 Å². The molecule has 0 atom stereocenters. The van der Waals surface area contributed by atoms with Crippen molar-refractivity contribution in [3.05, 3.63) is 23.2 Å². The number of hydrogen-bond donors (Lipinski definition) is 2. The van der Waals surface area contributed by atoms with Crippen LogP contribution in [0.15, 0.2) is 15.6 Å². The minimum Gasteiger partial charge on any atom is -0.550 e. The monoisotopic (exact) mass is 324 g/mol. The predicted octanol–water partition coefficient (Wildman–Crippen LogP) is 1.26. The molecule has 0 amide bonds. The van der Waals surface area contributed by atoms with Gasteiger partial charge in [0.2, 0.25) is 0 Å². The molecule has 0 saturated carbocycles. The number of nitrogens with zero attached hydrogens (tertiary/aromatic N) is 1. The van der Waals surface area contributed by atoms with E-state index in [9.17, 15) is 9.90 Å². The van der Waals surface area contributed by atoms with Gasteiger partial charge < -0.3 is 19.6 Å². The van der Waals surface area contributed by atoms with E-state index in [0.29, 0.717) is 28.8 Å². The highest BCUT2D eigenvalue weighted by molar-refractivity contribution is 7.80. The van der Waals surface area contributed by atoms with E-state index >= 15 is 0 Å². The standard InChI is InChI=1S/C15H23N3O3S/c1-9(17-18-14(22)16-15(3,4)5)12-8-11(21-10(12)2)6-7-13(19)20/h8H,6-7H2,1-5H3,(H,19,20)(H2,16,18,22)/p-1/b17-9-. The van der Waals surface area contributed by atoms with Crippen LogP contribution in [-0.2, 0) is 11.2 Å². The normalized spacial score (nSPS) is 12.1. The Balaban J connectivity index is 2.72. The third-order valence-corrected chi connectivity index (χ3v) is 2.94. The second kappa shape index (κ2) is 7.40. The average molecular weight is 324 g/mol. The number of hydrazone groups is 1. The zero-order chi connectivity index (χ0) is 16.9. The predicted molar refractivity (Wildman–Crippen MR) is 87.6 cm³/mol. The molecule has 0 fully saturated rings. The van der Waals surface area contributed by atoms with Crippen LogP contribution in [0.2, 0.25) is 0 Å². The summed E-state index contributed by atoms with van der Waals surface area (Å²) in [6.07, 6.45) is 0.230. The van der Waals surface area contributed by atoms with Crippen LogP contribution in [0.5, 0.6) is 0 Å². The molecule has 0 aliphatic rings. The molecule has 0 aliphatic heterocycles. The molecule has 0 unspecified atom stereocenters. The summed E-state index contributed by atoms with van der Waals surface area (Å²) in [4.78, 5) is 10.5. The van der Waals surface area contributed by atoms with Gasteiger partial charge in [-0.15, -0.1) is 0 Å². The Hall–Kier alpha value is -1.89. The largest absolute Gasteiger partial charge is 0.550 e. The van der Waals surface area contributed by atoms with Gasteiger partial charge in [-0.3, -0.25) is 5.43 Å². The van der Waals surface area contributed by atoms with Crippen LogP contribution in [-0.4, -0.2) is 22.3 Å². The van der Waals surface area contributed by atoms with Gasteiger partial charge in [0.05, 0.1) is 5.71 Å². The molecule has 0 saturated heterocycles. The molecule has 1 aromatic heterocycles. The molecule has 0 aromatic carbocycles. The molecule has 0 bridgehead atoms. The third kappa shape index (κ3) is 6.26. The number of nitrogens with one attached hydrogen (secondary N) is 2. The van der Waals surface area contributed by atoms with E-state index in [4.69, 9.17) is 16.6 Å². The van der Waals surface area contributed by atoms with Gasteiger partial charge in [-0.25, -0.2) is 0 Å². The zero-order valence-electron chi connectivity index (χ0n) is 13.6. The summed E-state index contributed by atoms with van der Waals surface area (Å²) in [7, 11) is 0. The van der Waals surface area contributed by atoms with Gasteiger partial charge in [-0.1, -0.05) is 0 Å². The minimum absolute atomic E-state index is 0.0690. The molecule has 122 valence electrons. The maximum absolute atomic E-state index is 10.5. The van der Waals surface area contributed by atoms with Crippen molar-refractivity contribution in [1.82, 2.24) is 10.7 Å². The van der Waals surface area contributed by atoms with Crippen molar-refractivity contribution in [2.45, 2.75) is 53.0 Å². The first-order valence-electron chi connectivity index (χ1n) is 7.00. The summed E-state index contributed by atoms with van der Waals surface area (Å²) in [5.41, 5.74) is 4.17. The smallest absolute Gasteiger partial charge is 0.187 e. The summed E-state index contributed by atoms with van der Waals surface area (Å²) in [6, 6.07) is 1.79. The van der Waals surface area contributed by atoms with Gasteiger partial charge >= 0.3 is 0 Å². The molecule has 1 heterocycles. The molecule has 0 aliphatic carbocycles. The quantitative estimate of drug-likeness (QED) is 0.481. The van der Waals surface area contributed by atoms with Gasteiger partial charge in [0.15, 0.2) is 5.11 Å². The molecule has 7 heteroatoms. The summed E-state index contributed by atoms with van der Waals surface area (Å²) < 4.78 is 5.53. The Labute approximate surface area is 136 Å². The molecular formula is C15H22N3O3S-. The number of rotatable bonds is 5. The lowest BCUT2D eigenvalue weighted by Gasteiger charge is -2.21. The lowest BCUT2D eigenvalue weighted by Crippen LogP contribution is -2.44. The second-order valence-electron chi connectivity index (χ2n) is 6.07. The number of carboxylic acids is 1. The molecule has 0 radical (unpaired) electrons. The first-order chi connectivity index (χ1) is 10.1. The molecule has 6 nitrogen and oxygen atoms in total. The van der Waals surface area contributed by atoms with E-state index in [-0.39, 0.29) is 12.0 Å². The van der Waals surface area contributed by atoms with Crippen LogP contribution in [0, 0.1) is 6.92 Å². The van der Waals surface area contributed by atoms with Gasteiger partial charge in [0.25, 0.3) is 0 Å². The minimum atomic E-state index is -1.10. The van der Waals surface area contributed by atoms with Crippen LogP contribution in [0.3, 0.4) is 0 Å². The maximum Gasteiger partial charge on any atom is 0.187 e. The van der Waals surface area contributed by atoms with Crippen LogP contribution < -0.4 is 15.8 Å². The molecule has 2 N–H and O–H groups in total. The summed E-state index contributed by atoms with van der Waals surface area (Å²) in [5, 5.41) is 18.2. The second-order valence-corrected chi connectivity index (χ2v) is 6.48. The number of furan rings is 1. The highest BCUT2D eigenvalue weighted by Gasteiger charge is 2.12. The van der Waals surface area contributed by atoms with E-state index in [1.165, 1.54) is 0 Å². The number of carboxylic acid groups (broad SMARTS) is 1. The summed E-state index contributed by atoms with van der Waals surface area (Å²) in [6.45, 7) is 9.64. The van der Waals surface area contributed by atoms with Crippen LogP contribution in [0.25, 0.3) is 0 Å². The highest BCUT2D eigenvalue weighted by atomic mass is 32.1. The number of carbonyl (C=O) groups excluding carboxylic acids is 1. The van der Waals surface area contributed by atoms with Crippen molar-refractivity contribution in [3.8, 4) is 0 Å². The fraction of sp³-hybridized carbons (Fsp3) is 0.533. The van der Waals surface area contributed by atoms with Crippen molar-refractivity contribution < 1.29 is 14.3 Å². The number of hydrogen-bond acceptors (Lipinski definition) is 5. The van der Waals surface area contributed by atoms with E-state index in [1.807, 2.05) is 34.6 Å². The average Bonchev–Trinajstić information content (AvgIpc) is 2.73. The number of thiocarbonyl (C=S) groups is 1. The van der Waals surface area contributed by atoms with E-state index in [2.05, 4.69) is 15.8 Å². The van der Waals surface area contributed by atoms with Gasteiger partial charge in [0, 0.05) is 23.5 Å². The van der Waals surface area contributed by atoms with E-state index in [0.717, 1.165) is 5.56 Å². The van der Waals surface area contributed by atoms with Crippen molar-refractivity contribution in [2.75, 3.05) is 0 Å². The lowest BCUT2D eigenvalue weighted by molar-refractivity contribution is -0.305. The fourth-order valence-electron chi connectivity index (χ4n) is 1.81. The lowest BCUT2D eigenvalue weighted by atomic mass is 10.1. The Morgan fingerprint density at radius 1 is 1.45 bits per heavy atom. The fourth-order valence-corrected chi connectivity index (χ4v) is 2.17. The highest BCUT2D eigenvalue weighted by Crippen LogP contribution is 2.17. The van der Waals surface area contributed by atoms with Crippen LogP contribution in [0.1, 0.15) is 51.2 Å². The summed E-state index contributed by atoms with van der Waals surface area (Å²) in [5.74, 6) is 0.189. The number of aliphatic carboxylic acids is 1. The summed E-state index contributed by atoms with van der Waals surface area (Å²) >= 11 is 5.15. The Morgan fingerprint density at radius 3 is 2.64 bits per heavy atom. The number of aryl methyl sites for hydroxylation is 2. The third-order valence-electron chi connectivity index (χ3n) is 2.75. The van der Waals surface area contributed by atoms with Crippen molar-refractivity contribution in [1.29, 1.82) is 0 Å². The molecule has 1 rings (SSSR count). The maximum atomic E-state index is 10.5. The molecule has 0 spiro atoms. The van der Waals surface area contributed by atoms with Crippen molar-refractivity contribution in [2.24, 2.45) is 5.10 Å². The molecular weight excluding hydrogens is 302 g/mol. The Bertz CT molecular complexity index is 585. The van der Waals surface area contributed by atoms with Gasteiger partial charge in [-0.2, -0.15) is 5.10 Å². The first-order valence-corrected chi connectivity index (χ1v) is 7.41.